The maximum Gasteiger partial charge on any atom is 0.416 e. The second kappa shape index (κ2) is 6.10. The van der Waals surface area contributed by atoms with Gasteiger partial charge in [-0.2, -0.15) is 23.3 Å². The summed E-state index contributed by atoms with van der Waals surface area (Å²) in [7, 11) is -4.13. The van der Waals surface area contributed by atoms with Crippen LogP contribution >= 0.6 is 0 Å². The van der Waals surface area contributed by atoms with Gasteiger partial charge in [0.2, 0.25) is 5.78 Å². The van der Waals surface area contributed by atoms with E-state index in [4.69, 9.17) is 0 Å². The van der Waals surface area contributed by atoms with E-state index in [-0.39, 0.29) is 0 Å². The number of sulfone groups is 1. The fourth-order valence-electron chi connectivity index (χ4n) is 2.18. The van der Waals surface area contributed by atoms with Gasteiger partial charge in [-0.05, 0) is 25.1 Å². The zero-order valence-electron chi connectivity index (χ0n) is 13.2. The molecule has 0 fully saturated rings. The number of hydrazone groups is 1. The molecule has 0 radical (unpaired) electrons. The van der Waals surface area contributed by atoms with Crippen molar-refractivity contribution in [1.29, 1.82) is 0 Å². The first-order chi connectivity index (χ1) is 11.3. The molecule has 0 saturated heterocycles. The topological polar surface area (TPSA) is 83.9 Å². The van der Waals surface area contributed by atoms with E-state index in [1.807, 2.05) is 0 Å². The molecular weight excluding hydrogens is 361 g/mol. The summed E-state index contributed by atoms with van der Waals surface area (Å²) in [5, 5.41) is 4.22. The number of hydrogen-bond donors (Lipinski definition) is 0. The molecule has 1 atom stereocenters. The van der Waals surface area contributed by atoms with Crippen LogP contribution in [-0.2, 0) is 25.6 Å². The Morgan fingerprint density at radius 3 is 2.36 bits per heavy atom. The molecule has 1 aliphatic heterocycles. The van der Waals surface area contributed by atoms with Gasteiger partial charge in [0, 0.05) is 12.5 Å². The number of hydrogen-bond acceptors (Lipinski definition) is 5. The maximum absolute atomic E-state index is 12.8. The number of carbonyl (C=O) groups is 2. The lowest BCUT2D eigenvalue weighted by atomic mass is 9.96. The van der Waals surface area contributed by atoms with Crippen molar-refractivity contribution in [2.75, 3.05) is 11.3 Å². The van der Waals surface area contributed by atoms with Gasteiger partial charge in [0.05, 0.1) is 22.1 Å². The van der Waals surface area contributed by atoms with Crippen LogP contribution in [0.2, 0.25) is 0 Å². The minimum atomic E-state index is -4.77. The zero-order valence-corrected chi connectivity index (χ0v) is 14.0. The number of amides is 1. The standard InChI is InChI=1S/C15H13F3N2O4S/c1-8(2)10-7-19-20(14(22)13(10)21)11-5-4-9(15(16,17)18)6-12(11)25(3,23)24/h4-7,10H,1H2,2-3H3. The first-order valence-electron chi connectivity index (χ1n) is 6.83. The average molecular weight is 374 g/mol. The Kier molecular flexibility index (Phi) is 4.60. The minimum Gasteiger partial charge on any atom is -0.288 e. The molecule has 0 spiro atoms. The highest BCUT2D eigenvalue weighted by Gasteiger charge is 2.37. The Morgan fingerprint density at radius 2 is 1.88 bits per heavy atom. The molecular formula is C15H13F3N2O4S. The van der Waals surface area contributed by atoms with Crippen molar-refractivity contribution in [3.05, 3.63) is 35.9 Å². The number of carbonyl (C=O) groups excluding carboxylic acids is 2. The predicted octanol–water partition coefficient (Wildman–Crippen LogP) is 2.20. The monoisotopic (exact) mass is 374 g/mol. The molecule has 6 nitrogen and oxygen atoms in total. The maximum atomic E-state index is 12.8. The predicted molar refractivity (Wildman–Crippen MR) is 83.8 cm³/mol. The van der Waals surface area contributed by atoms with E-state index >= 15 is 0 Å². The van der Waals surface area contributed by atoms with Crippen molar-refractivity contribution >= 4 is 33.4 Å². The van der Waals surface area contributed by atoms with Gasteiger partial charge < -0.3 is 0 Å². The van der Waals surface area contributed by atoms with Crippen LogP contribution in [0.3, 0.4) is 0 Å². The molecule has 1 heterocycles. The van der Waals surface area contributed by atoms with Crippen LogP contribution in [0.4, 0.5) is 18.9 Å². The van der Waals surface area contributed by atoms with Gasteiger partial charge in [-0.1, -0.05) is 12.2 Å². The highest BCUT2D eigenvalue weighted by molar-refractivity contribution is 7.90. The van der Waals surface area contributed by atoms with E-state index < -0.39 is 49.8 Å². The van der Waals surface area contributed by atoms with Gasteiger partial charge in [-0.3, -0.25) is 9.59 Å². The molecule has 1 aromatic carbocycles. The summed E-state index contributed by atoms with van der Waals surface area (Å²) in [4.78, 5) is 23.5. The molecule has 0 bridgehead atoms. The fraction of sp³-hybridized carbons (Fsp3) is 0.267. The Morgan fingerprint density at radius 1 is 1.28 bits per heavy atom. The number of rotatable bonds is 3. The van der Waals surface area contributed by atoms with E-state index in [1.54, 1.807) is 0 Å². The van der Waals surface area contributed by atoms with Crippen LogP contribution in [0.15, 0.2) is 40.3 Å². The largest absolute Gasteiger partial charge is 0.416 e. The Labute approximate surface area is 141 Å². The Hall–Kier alpha value is -2.49. The Bertz CT molecular complexity index is 904. The van der Waals surface area contributed by atoms with Crippen molar-refractivity contribution in [2.45, 2.75) is 18.0 Å². The summed E-state index contributed by atoms with van der Waals surface area (Å²) in [6.07, 6.45) is -2.98. The molecule has 25 heavy (non-hydrogen) atoms. The molecule has 0 saturated carbocycles. The van der Waals surface area contributed by atoms with Gasteiger partial charge in [0.25, 0.3) is 0 Å². The third-order valence-corrected chi connectivity index (χ3v) is 4.59. The Balaban J connectivity index is 2.64. The molecule has 1 amide bonds. The second-order valence-corrected chi connectivity index (χ2v) is 7.51. The molecule has 1 unspecified atom stereocenters. The molecule has 0 aliphatic carbocycles. The summed E-state index contributed by atoms with van der Waals surface area (Å²) in [5.74, 6) is -3.01. The summed E-state index contributed by atoms with van der Waals surface area (Å²) in [6.45, 7) is 5.06. The van der Waals surface area contributed by atoms with Gasteiger partial charge >= 0.3 is 12.1 Å². The first kappa shape index (κ1) is 18.8. The van der Waals surface area contributed by atoms with Crippen molar-refractivity contribution in [2.24, 2.45) is 11.0 Å². The number of nitrogens with zero attached hydrogens (tertiary/aromatic N) is 2. The van der Waals surface area contributed by atoms with Crippen molar-refractivity contribution in [3.63, 3.8) is 0 Å². The summed E-state index contributed by atoms with van der Waals surface area (Å²) >= 11 is 0. The number of Topliss-reactive ketones (excluding diaryl/α,β-unsaturated/α-hetero) is 1. The first-order valence-corrected chi connectivity index (χ1v) is 8.72. The van der Waals surface area contributed by atoms with Crippen LogP contribution in [0, 0.1) is 5.92 Å². The van der Waals surface area contributed by atoms with Crippen molar-refractivity contribution in [1.82, 2.24) is 0 Å². The number of benzene rings is 1. The van der Waals surface area contributed by atoms with E-state index in [0.29, 0.717) is 29.0 Å². The lowest BCUT2D eigenvalue weighted by Gasteiger charge is -2.25. The zero-order chi connectivity index (χ0) is 19.2. The average Bonchev–Trinajstić information content (AvgIpc) is 2.47. The lowest BCUT2D eigenvalue weighted by molar-refractivity contribution is -0.137. The fourth-order valence-corrected chi connectivity index (χ4v) is 3.05. The lowest BCUT2D eigenvalue weighted by Crippen LogP contribution is -2.42. The summed E-state index contributed by atoms with van der Waals surface area (Å²) < 4.78 is 62.3. The number of alkyl halides is 3. The second-order valence-electron chi connectivity index (χ2n) is 5.52. The van der Waals surface area contributed by atoms with E-state index in [0.717, 1.165) is 12.3 Å². The van der Waals surface area contributed by atoms with Gasteiger partial charge in [-0.15, -0.1) is 0 Å². The van der Waals surface area contributed by atoms with Crippen LogP contribution in [0.5, 0.6) is 0 Å². The molecule has 1 aromatic rings. The SMILES string of the molecule is C=C(C)C1C=NN(c2ccc(C(F)(F)F)cc2S(C)(=O)=O)C(=O)C1=O. The molecule has 134 valence electrons. The molecule has 0 N–H and O–H groups in total. The van der Waals surface area contributed by atoms with Gasteiger partial charge in [0.1, 0.15) is 0 Å². The van der Waals surface area contributed by atoms with E-state index in [1.165, 1.54) is 6.92 Å². The summed E-state index contributed by atoms with van der Waals surface area (Å²) in [6, 6.07) is 1.81. The van der Waals surface area contributed by atoms with Crippen LogP contribution in [0.1, 0.15) is 12.5 Å². The third kappa shape index (κ3) is 3.63. The summed E-state index contributed by atoms with van der Waals surface area (Å²) in [5.41, 5.74) is -1.26. The normalized spacial score (nSPS) is 18.6. The molecule has 2 rings (SSSR count). The van der Waals surface area contributed by atoms with Crippen molar-refractivity contribution < 1.29 is 31.2 Å². The van der Waals surface area contributed by atoms with Gasteiger partial charge in [-0.25, -0.2) is 8.42 Å². The molecule has 0 aromatic heterocycles. The minimum absolute atomic E-state index is 0.359. The highest BCUT2D eigenvalue weighted by Crippen LogP contribution is 2.35. The van der Waals surface area contributed by atoms with Crippen molar-refractivity contribution in [3.8, 4) is 0 Å². The third-order valence-electron chi connectivity index (χ3n) is 3.46. The number of allylic oxidation sites excluding steroid dienone is 1. The number of anilines is 1. The smallest absolute Gasteiger partial charge is 0.288 e. The number of halogens is 3. The van der Waals surface area contributed by atoms with E-state index in [9.17, 15) is 31.2 Å². The molecule has 1 aliphatic rings. The van der Waals surface area contributed by atoms with Gasteiger partial charge in [0.15, 0.2) is 9.84 Å². The van der Waals surface area contributed by atoms with Crippen LogP contribution < -0.4 is 5.01 Å². The highest BCUT2D eigenvalue weighted by atomic mass is 32.2. The van der Waals surface area contributed by atoms with E-state index in [2.05, 4.69) is 11.7 Å². The quantitative estimate of drug-likeness (QED) is 0.600. The van der Waals surface area contributed by atoms with Crippen LogP contribution in [-0.4, -0.2) is 32.6 Å². The number of ketones is 1. The van der Waals surface area contributed by atoms with Crippen LogP contribution in [0.25, 0.3) is 0 Å². The molecule has 10 heteroatoms.